The first-order chi connectivity index (χ1) is 8.06. The molecule has 0 aliphatic carbocycles. The van der Waals surface area contributed by atoms with Crippen LogP contribution in [0.2, 0.25) is 0 Å². The lowest BCUT2D eigenvalue weighted by atomic mass is 9.94. The van der Waals surface area contributed by atoms with Crippen LogP contribution in [0.4, 0.5) is 0 Å². The highest BCUT2D eigenvalue weighted by Gasteiger charge is 2.03. The summed E-state index contributed by atoms with van der Waals surface area (Å²) in [6, 6.07) is 0. The van der Waals surface area contributed by atoms with Gasteiger partial charge in [0.15, 0.2) is 0 Å². The molecule has 0 radical (unpaired) electrons. The fourth-order valence-electron chi connectivity index (χ4n) is 2.15. The second-order valence-electron chi connectivity index (χ2n) is 5.88. The molecule has 0 bridgehead atoms. The van der Waals surface area contributed by atoms with Crippen molar-refractivity contribution in [2.24, 2.45) is 11.8 Å². The predicted octanol–water partition coefficient (Wildman–Crippen LogP) is 6.35. The lowest BCUT2D eigenvalue weighted by Crippen LogP contribution is -1.97. The lowest BCUT2D eigenvalue weighted by molar-refractivity contribution is 0.422. The van der Waals surface area contributed by atoms with Crippen LogP contribution in [0.3, 0.4) is 0 Å². The zero-order valence-electron chi connectivity index (χ0n) is 12.3. The molecule has 0 aromatic carbocycles. The maximum absolute atomic E-state index is 3.45. The summed E-state index contributed by atoms with van der Waals surface area (Å²) in [6.45, 7) is 9.31. The van der Waals surface area contributed by atoms with E-state index < -0.39 is 0 Å². The van der Waals surface area contributed by atoms with E-state index in [1.807, 2.05) is 0 Å². The zero-order valence-corrected chi connectivity index (χ0v) is 13.9. The SMILES string of the molecule is C/C(=C\CBr)CCCCC(C)CCCC(C)C. The number of halogens is 1. The summed E-state index contributed by atoms with van der Waals surface area (Å²) >= 11 is 3.45. The highest BCUT2D eigenvalue weighted by Crippen LogP contribution is 2.19. The van der Waals surface area contributed by atoms with Crippen LogP contribution >= 0.6 is 15.9 Å². The third-order valence-electron chi connectivity index (χ3n) is 3.42. The second-order valence-corrected chi connectivity index (χ2v) is 6.53. The van der Waals surface area contributed by atoms with Gasteiger partial charge in [-0.25, -0.2) is 0 Å². The fraction of sp³-hybridized carbons (Fsp3) is 0.875. The van der Waals surface area contributed by atoms with Gasteiger partial charge in [-0.2, -0.15) is 0 Å². The monoisotopic (exact) mass is 302 g/mol. The smallest absolute Gasteiger partial charge is 0.0214 e. The van der Waals surface area contributed by atoms with Crippen molar-refractivity contribution in [3.8, 4) is 0 Å². The molecular formula is C16H31Br. The third kappa shape index (κ3) is 12.5. The molecule has 1 unspecified atom stereocenters. The molecule has 0 aromatic heterocycles. The van der Waals surface area contributed by atoms with E-state index in [4.69, 9.17) is 0 Å². The summed E-state index contributed by atoms with van der Waals surface area (Å²) in [5.74, 6) is 1.80. The van der Waals surface area contributed by atoms with E-state index in [0.29, 0.717) is 0 Å². The molecule has 0 aliphatic rings. The van der Waals surface area contributed by atoms with Crippen molar-refractivity contribution >= 4 is 15.9 Å². The van der Waals surface area contributed by atoms with Crippen LogP contribution in [0.15, 0.2) is 11.6 Å². The van der Waals surface area contributed by atoms with Crippen LogP contribution in [-0.4, -0.2) is 5.33 Å². The summed E-state index contributed by atoms with van der Waals surface area (Å²) in [7, 11) is 0. The summed E-state index contributed by atoms with van der Waals surface area (Å²) in [5.41, 5.74) is 1.54. The average Bonchev–Trinajstić information content (AvgIpc) is 2.24. The molecule has 1 atom stereocenters. The summed E-state index contributed by atoms with van der Waals surface area (Å²) in [5, 5.41) is 1.00. The number of unbranched alkanes of at least 4 members (excludes halogenated alkanes) is 1. The van der Waals surface area contributed by atoms with Crippen molar-refractivity contribution in [3.63, 3.8) is 0 Å². The number of alkyl halides is 1. The molecular weight excluding hydrogens is 272 g/mol. The first-order valence-electron chi connectivity index (χ1n) is 7.27. The van der Waals surface area contributed by atoms with Gasteiger partial charge in [-0.15, -0.1) is 0 Å². The van der Waals surface area contributed by atoms with E-state index in [1.165, 1.54) is 50.5 Å². The Morgan fingerprint density at radius 3 is 2.24 bits per heavy atom. The van der Waals surface area contributed by atoms with Gasteiger partial charge >= 0.3 is 0 Å². The van der Waals surface area contributed by atoms with Crippen molar-refractivity contribution in [2.45, 2.75) is 72.6 Å². The van der Waals surface area contributed by atoms with E-state index in [0.717, 1.165) is 17.2 Å². The topological polar surface area (TPSA) is 0 Å². The molecule has 0 N–H and O–H groups in total. The minimum absolute atomic E-state index is 0.874. The molecule has 17 heavy (non-hydrogen) atoms. The standard InChI is InChI=1S/C16H31Br/c1-14(2)8-7-11-15(3)9-5-6-10-16(4)12-13-17/h12,14-15H,5-11,13H2,1-4H3/b16-12+. The molecule has 0 rings (SSSR count). The number of hydrogen-bond donors (Lipinski definition) is 0. The molecule has 0 amide bonds. The minimum atomic E-state index is 0.874. The summed E-state index contributed by atoms with van der Waals surface area (Å²) < 4.78 is 0. The molecule has 0 heterocycles. The molecule has 0 fully saturated rings. The molecule has 0 nitrogen and oxygen atoms in total. The quantitative estimate of drug-likeness (QED) is 0.250. The molecule has 0 saturated heterocycles. The Labute approximate surface area is 117 Å². The van der Waals surface area contributed by atoms with Gasteiger partial charge < -0.3 is 0 Å². The fourth-order valence-corrected chi connectivity index (χ4v) is 2.70. The van der Waals surface area contributed by atoms with Gasteiger partial charge in [0.25, 0.3) is 0 Å². The van der Waals surface area contributed by atoms with Gasteiger partial charge in [-0.1, -0.05) is 80.5 Å². The highest BCUT2D eigenvalue weighted by molar-refractivity contribution is 9.09. The molecule has 0 spiro atoms. The molecule has 0 aromatic rings. The number of rotatable bonds is 10. The van der Waals surface area contributed by atoms with E-state index in [2.05, 4.69) is 49.7 Å². The second kappa shape index (κ2) is 11.3. The van der Waals surface area contributed by atoms with Gasteiger partial charge in [0, 0.05) is 5.33 Å². The molecule has 1 heteroatoms. The Morgan fingerprint density at radius 1 is 1.00 bits per heavy atom. The van der Waals surface area contributed by atoms with E-state index in [-0.39, 0.29) is 0 Å². The van der Waals surface area contributed by atoms with Crippen LogP contribution in [0.5, 0.6) is 0 Å². The minimum Gasteiger partial charge on any atom is -0.0883 e. The Morgan fingerprint density at radius 2 is 1.65 bits per heavy atom. The Balaban J connectivity index is 3.39. The molecule has 102 valence electrons. The first-order valence-corrected chi connectivity index (χ1v) is 8.40. The number of hydrogen-bond acceptors (Lipinski definition) is 0. The first kappa shape index (κ1) is 17.2. The lowest BCUT2D eigenvalue weighted by Gasteiger charge is -2.12. The van der Waals surface area contributed by atoms with Gasteiger partial charge in [-0.05, 0) is 31.6 Å². The van der Waals surface area contributed by atoms with Crippen molar-refractivity contribution in [2.75, 3.05) is 5.33 Å². The van der Waals surface area contributed by atoms with Crippen molar-refractivity contribution in [1.29, 1.82) is 0 Å². The van der Waals surface area contributed by atoms with Gasteiger partial charge in [-0.3, -0.25) is 0 Å². The Bertz CT molecular complexity index is 194. The van der Waals surface area contributed by atoms with Crippen LogP contribution in [0, 0.1) is 11.8 Å². The van der Waals surface area contributed by atoms with Crippen LogP contribution in [0.1, 0.15) is 72.6 Å². The van der Waals surface area contributed by atoms with E-state index in [1.54, 1.807) is 0 Å². The molecule has 0 saturated carbocycles. The Kier molecular flexibility index (Phi) is 11.5. The third-order valence-corrected chi connectivity index (χ3v) is 3.75. The van der Waals surface area contributed by atoms with E-state index >= 15 is 0 Å². The Hall–Kier alpha value is 0.220. The maximum atomic E-state index is 3.45. The van der Waals surface area contributed by atoms with Gasteiger partial charge in [0.2, 0.25) is 0 Å². The zero-order chi connectivity index (χ0) is 13.1. The number of allylic oxidation sites excluding steroid dienone is 2. The van der Waals surface area contributed by atoms with Gasteiger partial charge in [0.1, 0.15) is 0 Å². The highest BCUT2D eigenvalue weighted by atomic mass is 79.9. The summed E-state index contributed by atoms with van der Waals surface area (Å²) in [4.78, 5) is 0. The summed E-state index contributed by atoms with van der Waals surface area (Å²) in [6.07, 6.45) is 12.0. The largest absolute Gasteiger partial charge is 0.0883 e. The van der Waals surface area contributed by atoms with E-state index in [9.17, 15) is 0 Å². The van der Waals surface area contributed by atoms with Crippen LogP contribution < -0.4 is 0 Å². The van der Waals surface area contributed by atoms with Gasteiger partial charge in [0.05, 0.1) is 0 Å². The van der Waals surface area contributed by atoms with Crippen molar-refractivity contribution < 1.29 is 0 Å². The predicted molar refractivity (Wildman–Crippen MR) is 83.9 cm³/mol. The van der Waals surface area contributed by atoms with Crippen molar-refractivity contribution in [1.82, 2.24) is 0 Å². The van der Waals surface area contributed by atoms with Crippen LogP contribution in [-0.2, 0) is 0 Å². The maximum Gasteiger partial charge on any atom is 0.0214 e. The van der Waals surface area contributed by atoms with Crippen molar-refractivity contribution in [3.05, 3.63) is 11.6 Å². The average molecular weight is 303 g/mol. The van der Waals surface area contributed by atoms with Crippen LogP contribution in [0.25, 0.3) is 0 Å². The normalized spacial score (nSPS) is 14.4. The molecule has 0 aliphatic heterocycles.